The first-order valence-electron chi connectivity index (χ1n) is 11.1. The van der Waals surface area contributed by atoms with Crippen LogP contribution in [0.15, 0.2) is 70.1 Å². The summed E-state index contributed by atoms with van der Waals surface area (Å²) in [5.74, 6) is -0.626. The zero-order chi connectivity index (χ0) is 24.8. The molecule has 0 saturated carbocycles. The van der Waals surface area contributed by atoms with Gasteiger partial charge in [-0.05, 0) is 61.2 Å². The highest BCUT2D eigenvalue weighted by atomic mass is 32.2. The van der Waals surface area contributed by atoms with E-state index in [2.05, 4.69) is 10.3 Å². The Morgan fingerprint density at radius 2 is 1.94 bits per heavy atom. The van der Waals surface area contributed by atoms with E-state index >= 15 is 0 Å². The standard InChI is InChI=1S/C25H24N4O4S2/c1-3-20(22(30)27-17-10-8-16(9-11-17)24(32)33-4-2)35-25-28-19-12-14-34-21(19)23(31)29(25)15-18-7-5-6-13-26-18/h5-14,20H,3-4,15H2,1-2H3,(H,27,30)/t20-/m1/s1. The number of carbonyl (C=O) groups is 2. The molecular formula is C25H24N4O4S2. The van der Waals surface area contributed by atoms with Crippen molar-refractivity contribution in [2.75, 3.05) is 11.9 Å². The van der Waals surface area contributed by atoms with Crippen molar-refractivity contribution in [2.24, 2.45) is 0 Å². The molecule has 1 amide bonds. The van der Waals surface area contributed by atoms with Crippen molar-refractivity contribution in [2.45, 2.75) is 37.2 Å². The van der Waals surface area contributed by atoms with Crippen molar-refractivity contribution in [3.05, 3.63) is 81.7 Å². The lowest BCUT2D eigenvalue weighted by molar-refractivity contribution is -0.115. The SMILES string of the molecule is CCOC(=O)c1ccc(NC(=O)[C@@H](CC)Sc2nc3ccsc3c(=O)n2Cc2ccccn2)cc1. The van der Waals surface area contributed by atoms with Crippen LogP contribution in [-0.4, -0.2) is 38.3 Å². The van der Waals surface area contributed by atoms with Crippen molar-refractivity contribution >= 4 is 50.9 Å². The maximum Gasteiger partial charge on any atom is 0.338 e. The molecule has 0 aliphatic rings. The smallest absolute Gasteiger partial charge is 0.338 e. The Morgan fingerprint density at radius 1 is 1.14 bits per heavy atom. The van der Waals surface area contributed by atoms with Crippen molar-refractivity contribution in [3.63, 3.8) is 0 Å². The van der Waals surface area contributed by atoms with E-state index < -0.39 is 11.2 Å². The van der Waals surface area contributed by atoms with E-state index in [0.29, 0.717) is 39.7 Å². The van der Waals surface area contributed by atoms with E-state index in [-0.39, 0.29) is 18.0 Å². The van der Waals surface area contributed by atoms with Gasteiger partial charge in [-0.3, -0.25) is 19.1 Å². The fourth-order valence-electron chi connectivity index (χ4n) is 3.38. The molecule has 0 unspecified atom stereocenters. The highest BCUT2D eigenvalue weighted by Gasteiger charge is 2.23. The maximum absolute atomic E-state index is 13.2. The molecule has 1 atom stereocenters. The van der Waals surface area contributed by atoms with Gasteiger partial charge in [0.1, 0.15) is 4.70 Å². The summed E-state index contributed by atoms with van der Waals surface area (Å²) in [6.07, 6.45) is 2.21. The topological polar surface area (TPSA) is 103 Å². The Labute approximate surface area is 210 Å². The third-order valence-electron chi connectivity index (χ3n) is 5.15. The lowest BCUT2D eigenvalue weighted by atomic mass is 10.2. The average molecular weight is 509 g/mol. The number of anilines is 1. The Kier molecular flexibility index (Phi) is 7.94. The molecule has 0 radical (unpaired) electrons. The van der Waals surface area contributed by atoms with Crippen molar-refractivity contribution in [3.8, 4) is 0 Å². The summed E-state index contributed by atoms with van der Waals surface area (Å²) in [5.41, 5.74) is 2.17. The zero-order valence-corrected chi connectivity index (χ0v) is 20.9. The number of hydrogen-bond donors (Lipinski definition) is 1. The van der Waals surface area contributed by atoms with Gasteiger partial charge in [0.15, 0.2) is 5.16 Å². The molecule has 0 aliphatic carbocycles. The molecule has 180 valence electrons. The van der Waals surface area contributed by atoms with Crippen LogP contribution in [0, 0.1) is 0 Å². The predicted molar refractivity (Wildman–Crippen MR) is 138 cm³/mol. The molecule has 1 N–H and O–H groups in total. The molecule has 4 aromatic rings. The van der Waals surface area contributed by atoms with Gasteiger partial charge in [0.05, 0.1) is 35.2 Å². The molecule has 0 saturated heterocycles. The number of carbonyl (C=O) groups excluding carboxylic acids is 2. The predicted octanol–water partition coefficient (Wildman–Crippen LogP) is 4.59. The van der Waals surface area contributed by atoms with E-state index in [0.717, 1.165) is 5.69 Å². The number of benzene rings is 1. The minimum atomic E-state index is -0.488. The second-order valence-corrected chi connectivity index (χ2v) is 9.63. The van der Waals surface area contributed by atoms with Gasteiger partial charge in [-0.2, -0.15) is 0 Å². The molecule has 3 aromatic heterocycles. The molecule has 0 spiro atoms. The molecule has 35 heavy (non-hydrogen) atoms. The quantitative estimate of drug-likeness (QED) is 0.200. The number of rotatable bonds is 9. The van der Waals surface area contributed by atoms with Gasteiger partial charge in [0, 0.05) is 11.9 Å². The monoisotopic (exact) mass is 508 g/mol. The molecule has 0 aliphatic heterocycles. The summed E-state index contributed by atoms with van der Waals surface area (Å²) >= 11 is 2.60. The van der Waals surface area contributed by atoms with E-state index in [9.17, 15) is 14.4 Å². The molecule has 0 fully saturated rings. The summed E-state index contributed by atoms with van der Waals surface area (Å²) in [5, 5.41) is 4.70. The number of thioether (sulfide) groups is 1. The number of pyridine rings is 1. The number of esters is 1. The first-order chi connectivity index (χ1) is 17.0. The Balaban J connectivity index is 1.57. The first-order valence-corrected chi connectivity index (χ1v) is 12.9. The van der Waals surface area contributed by atoms with Crippen molar-refractivity contribution in [1.82, 2.24) is 14.5 Å². The van der Waals surface area contributed by atoms with Gasteiger partial charge >= 0.3 is 5.97 Å². The highest BCUT2D eigenvalue weighted by molar-refractivity contribution is 8.00. The van der Waals surface area contributed by atoms with Crippen LogP contribution in [0.2, 0.25) is 0 Å². The van der Waals surface area contributed by atoms with Gasteiger partial charge in [0.2, 0.25) is 5.91 Å². The second kappa shape index (κ2) is 11.3. The maximum atomic E-state index is 13.2. The number of ether oxygens (including phenoxy) is 1. The molecule has 8 nitrogen and oxygen atoms in total. The van der Waals surface area contributed by atoms with Gasteiger partial charge in [0.25, 0.3) is 5.56 Å². The van der Waals surface area contributed by atoms with E-state index in [4.69, 9.17) is 9.72 Å². The number of nitrogens with one attached hydrogen (secondary N) is 1. The Morgan fingerprint density at radius 3 is 2.63 bits per heavy atom. The highest BCUT2D eigenvalue weighted by Crippen LogP contribution is 2.27. The minimum absolute atomic E-state index is 0.150. The molecule has 4 rings (SSSR count). The largest absolute Gasteiger partial charge is 0.462 e. The van der Waals surface area contributed by atoms with Gasteiger partial charge in [-0.1, -0.05) is 24.8 Å². The third kappa shape index (κ3) is 5.77. The molecular weight excluding hydrogens is 484 g/mol. The van der Waals surface area contributed by atoms with Crippen LogP contribution in [0.3, 0.4) is 0 Å². The number of thiophene rings is 1. The number of amides is 1. The summed E-state index contributed by atoms with van der Waals surface area (Å²) in [6, 6.07) is 13.9. The molecule has 1 aromatic carbocycles. The van der Waals surface area contributed by atoms with Gasteiger partial charge in [-0.25, -0.2) is 9.78 Å². The summed E-state index contributed by atoms with van der Waals surface area (Å²) in [4.78, 5) is 47.2. The summed E-state index contributed by atoms with van der Waals surface area (Å²) < 4.78 is 7.14. The van der Waals surface area contributed by atoms with Crippen LogP contribution in [0.4, 0.5) is 5.69 Å². The molecule has 10 heteroatoms. The van der Waals surface area contributed by atoms with E-state index in [1.165, 1.54) is 23.1 Å². The number of hydrogen-bond acceptors (Lipinski definition) is 8. The fourth-order valence-corrected chi connectivity index (χ4v) is 5.17. The van der Waals surface area contributed by atoms with Crippen molar-refractivity contribution < 1.29 is 14.3 Å². The van der Waals surface area contributed by atoms with Gasteiger partial charge in [-0.15, -0.1) is 11.3 Å². The van der Waals surface area contributed by atoms with Gasteiger partial charge < -0.3 is 10.1 Å². The molecule has 0 bridgehead atoms. The van der Waals surface area contributed by atoms with E-state index in [1.54, 1.807) is 42.0 Å². The second-order valence-electron chi connectivity index (χ2n) is 7.54. The number of aromatic nitrogens is 3. The van der Waals surface area contributed by atoms with Crippen LogP contribution in [-0.2, 0) is 16.1 Å². The van der Waals surface area contributed by atoms with Crippen LogP contribution in [0.25, 0.3) is 10.2 Å². The zero-order valence-electron chi connectivity index (χ0n) is 19.3. The van der Waals surface area contributed by atoms with E-state index in [1.807, 2.05) is 36.6 Å². The lowest BCUT2D eigenvalue weighted by Crippen LogP contribution is -2.28. The summed E-state index contributed by atoms with van der Waals surface area (Å²) in [6.45, 7) is 4.21. The molecule has 3 heterocycles. The minimum Gasteiger partial charge on any atom is -0.462 e. The Bertz CT molecular complexity index is 1380. The third-order valence-corrected chi connectivity index (χ3v) is 7.40. The average Bonchev–Trinajstić information content (AvgIpc) is 3.34. The van der Waals surface area contributed by atoms with Crippen molar-refractivity contribution in [1.29, 1.82) is 0 Å². The number of fused-ring (bicyclic) bond motifs is 1. The fraction of sp³-hybridized carbons (Fsp3) is 0.240. The van der Waals surface area contributed by atoms with Crippen LogP contribution >= 0.6 is 23.1 Å². The normalized spacial score (nSPS) is 11.8. The number of nitrogens with zero attached hydrogens (tertiary/aromatic N) is 3. The van der Waals surface area contributed by atoms with Crippen LogP contribution in [0.1, 0.15) is 36.3 Å². The summed E-state index contributed by atoms with van der Waals surface area (Å²) in [7, 11) is 0. The first kappa shape index (κ1) is 24.6. The lowest BCUT2D eigenvalue weighted by Gasteiger charge is -2.17. The Hall–Kier alpha value is -3.50. The van der Waals surface area contributed by atoms with Crippen LogP contribution in [0.5, 0.6) is 0 Å². The van der Waals surface area contributed by atoms with Crippen LogP contribution < -0.4 is 10.9 Å².